The van der Waals surface area contributed by atoms with E-state index >= 15 is 0 Å². The summed E-state index contributed by atoms with van der Waals surface area (Å²) in [5.41, 5.74) is 2.91. The minimum atomic E-state index is -0.390. The van der Waals surface area contributed by atoms with Crippen LogP contribution in [-0.2, 0) is 17.9 Å². The standard InChI is InChI=1S/C15H15BrN2O3/c1-21-10-13-14(16)6-3-7-15(13)17-9-11-4-2-5-12(8-11)18(19)20/h2-8,17H,9-10H2,1H3. The normalized spacial score (nSPS) is 10.4. The second kappa shape index (κ2) is 7.19. The van der Waals surface area contributed by atoms with Crippen LogP contribution in [0.25, 0.3) is 0 Å². The average molecular weight is 351 g/mol. The Morgan fingerprint density at radius 2 is 2.05 bits per heavy atom. The number of benzene rings is 2. The molecular formula is C15H15BrN2O3. The highest BCUT2D eigenvalue weighted by Gasteiger charge is 2.08. The summed E-state index contributed by atoms with van der Waals surface area (Å²) in [6.45, 7) is 0.994. The fourth-order valence-electron chi connectivity index (χ4n) is 1.99. The number of nitro benzene ring substituents is 1. The van der Waals surface area contributed by atoms with Gasteiger partial charge in [0.2, 0.25) is 0 Å². The predicted molar refractivity (Wildman–Crippen MR) is 85.3 cm³/mol. The van der Waals surface area contributed by atoms with Gasteiger partial charge >= 0.3 is 0 Å². The fourth-order valence-corrected chi connectivity index (χ4v) is 2.47. The van der Waals surface area contributed by atoms with Crippen LogP contribution in [0.1, 0.15) is 11.1 Å². The third kappa shape index (κ3) is 4.03. The van der Waals surface area contributed by atoms with Crippen LogP contribution in [0, 0.1) is 10.1 Å². The van der Waals surface area contributed by atoms with Gasteiger partial charge in [-0.1, -0.05) is 34.1 Å². The van der Waals surface area contributed by atoms with Crippen LogP contribution in [0.3, 0.4) is 0 Å². The zero-order valence-electron chi connectivity index (χ0n) is 11.5. The number of rotatable bonds is 6. The minimum absolute atomic E-state index is 0.0978. The maximum Gasteiger partial charge on any atom is 0.269 e. The van der Waals surface area contributed by atoms with E-state index in [1.807, 2.05) is 24.3 Å². The van der Waals surface area contributed by atoms with Gasteiger partial charge in [0, 0.05) is 41.5 Å². The maximum absolute atomic E-state index is 10.8. The van der Waals surface area contributed by atoms with Crippen LogP contribution in [0.15, 0.2) is 46.9 Å². The summed E-state index contributed by atoms with van der Waals surface area (Å²) >= 11 is 3.50. The molecule has 0 fully saturated rings. The first-order chi connectivity index (χ1) is 10.1. The van der Waals surface area contributed by atoms with E-state index < -0.39 is 0 Å². The van der Waals surface area contributed by atoms with Crippen molar-refractivity contribution in [3.05, 3.63) is 68.2 Å². The Morgan fingerprint density at radius 3 is 2.76 bits per heavy atom. The zero-order chi connectivity index (χ0) is 15.2. The summed E-state index contributed by atoms with van der Waals surface area (Å²) < 4.78 is 6.16. The maximum atomic E-state index is 10.8. The van der Waals surface area contributed by atoms with Crippen molar-refractivity contribution in [3.63, 3.8) is 0 Å². The van der Waals surface area contributed by atoms with Crippen molar-refractivity contribution in [2.45, 2.75) is 13.2 Å². The molecule has 0 atom stereocenters. The Kier molecular flexibility index (Phi) is 5.30. The van der Waals surface area contributed by atoms with Crippen molar-refractivity contribution in [2.24, 2.45) is 0 Å². The molecule has 0 aliphatic heterocycles. The minimum Gasteiger partial charge on any atom is -0.381 e. The topological polar surface area (TPSA) is 64.4 Å². The molecule has 2 rings (SSSR count). The summed E-state index contributed by atoms with van der Waals surface area (Å²) in [5, 5.41) is 14.1. The molecule has 0 heterocycles. The summed E-state index contributed by atoms with van der Waals surface area (Å²) in [5.74, 6) is 0. The number of hydrogen-bond donors (Lipinski definition) is 1. The molecule has 0 bridgehead atoms. The van der Waals surface area contributed by atoms with E-state index in [-0.39, 0.29) is 10.6 Å². The molecule has 0 saturated carbocycles. The Hall–Kier alpha value is -1.92. The lowest BCUT2D eigenvalue weighted by atomic mass is 10.1. The van der Waals surface area contributed by atoms with Gasteiger partial charge in [0.1, 0.15) is 0 Å². The molecule has 110 valence electrons. The van der Waals surface area contributed by atoms with Crippen molar-refractivity contribution < 1.29 is 9.66 Å². The molecule has 5 nitrogen and oxygen atoms in total. The number of nitrogens with zero attached hydrogens (tertiary/aromatic N) is 1. The van der Waals surface area contributed by atoms with Crippen LogP contribution >= 0.6 is 15.9 Å². The number of nitro groups is 1. The molecule has 0 aliphatic rings. The zero-order valence-corrected chi connectivity index (χ0v) is 13.1. The van der Waals surface area contributed by atoms with E-state index in [1.165, 1.54) is 6.07 Å². The number of non-ortho nitro benzene ring substituents is 1. The third-order valence-electron chi connectivity index (χ3n) is 3.01. The molecule has 0 amide bonds. The number of hydrogen-bond acceptors (Lipinski definition) is 4. The van der Waals surface area contributed by atoms with E-state index in [2.05, 4.69) is 21.2 Å². The fraction of sp³-hybridized carbons (Fsp3) is 0.200. The van der Waals surface area contributed by atoms with Crippen molar-refractivity contribution >= 4 is 27.3 Å². The summed E-state index contributed by atoms with van der Waals surface area (Å²) in [6.07, 6.45) is 0. The highest BCUT2D eigenvalue weighted by molar-refractivity contribution is 9.10. The Labute approximate surface area is 131 Å². The highest BCUT2D eigenvalue weighted by Crippen LogP contribution is 2.26. The van der Waals surface area contributed by atoms with Crippen molar-refractivity contribution in [2.75, 3.05) is 12.4 Å². The lowest BCUT2D eigenvalue weighted by molar-refractivity contribution is -0.384. The van der Waals surface area contributed by atoms with Crippen LogP contribution in [0.5, 0.6) is 0 Å². The Balaban J connectivity index is 2.15. The predicted octanol–water partition coefficient (Wildman–Crippen LogP) is 4.12. The Morgan fingerprint density at radius 1 is 1.29 bits per heavy atom. The van der Waals surface area contributed by atoms with E-state index in [0.29, 0.717) is 13.2 Å². The first-order valence-corrected chi connectivity index (χ1v) is 7.14. The second-order valence-electron chi connectivity index (χ2n) is 4.48. The van der Waals surface area contributed by atoms with Gasteiger partial charge in [-0.05, 0) is 17.7 Å². The molecule has 0 aliphatic carbocycles. The summed E-state index contributed by atoms with van der Waals surface area (Å²) in [7, 11) is 1.64. The molecule has 1 N–H and O–H groups in total. The Bertz CT molecular complexity index is 647. The lowest BCUT2D eigenvalue weighted by Gasteiger charge is -2.13. The number of halogens is 1. The van der Waals surface area contributed by atoms with Gasteiger partial charge in [-0.15, -0.1) is 0 Å². The van der Waals surface area contributed by atoms with Gasteiger partial charge in [-0.2, -0.15) is 0 Å². The second-order valence-corrected chi connectivity index (χ2v) is 5.33. The van der Waals surface area contributed by atoms with E-state index in [4.69, 9.17) is 4.74 Å². The van der Waals surface area contributed by atoms with Gasteiger partial charge in [0.05, 0.1) is 11.5 Å². The van der Waals surface area contributed by atoms with Crippen LogP contribution in [-0.4, -0.2) is 12.0 Å². The molecule has 0 spiro atoms. The van der Waals surface area contributed by atoms with Gasteiger partial charge in [0.25, 0.3) is 5.69 Å². The number of methoxy groups -OCH3 is 1. The van der Waals surface area contributed by atoms with Gasteiger partial charge in [-0.3, -0.25) is 10.1 Å². The monoisotopic (exact) mass is 350 g/mol. The highest BCUT2D eigenvalue weighted by atomic mass is 79.9. The molecule has 0 aromatic heterocycles. The van der Waals surface area contributed by atoms with Crippen LogP contribution in [0.4, 0.5) is 11.4 Å². The molecule has 2 aromatic carbocycles. The van der Waals surface area contributed by atoms with E-state index in [0.717, 1.165) is 21.3 Å². The average Bonchev–Trinajstić information content (AvgIpc) is 2.48. The number of nitrogens with one attached hydrogen (secondary N) is 1. The molecule has 21 heavy (non-hydrogen) atoms. The van der Waals surface area contributed by atoms with Gasteiger partial charge in [-0.25, -0.2) is 0 Å². The largest absolute Gasteiger partial charge is 0.381 e. The van der Waals surface area contributed by atoms with E-state index in [9.17, 15) is 10.1 Å². The summed E-state index contributed by atoms with van der Waals surface area (Å²) in [6, 6.07) is 12.4. The van der Waals surface area contributed by atoms with Gasteiger partial charge in [0.15, 0.2) is 0 Å². The summed E-state index contributed by atoms with van der Waals surface area (Å²) in [4.78, 5) is 10.4. The number of anilines is 1. The quantitative estimate of drug-likeness (QED) is 0.628. The molecule has 2 aromatic rings. The molecule has 0 saturated heterocycles. The van der Waals surface area contributed by atoms with Crippen molar-refractivity contribution in [1.82, 2.24) is 0 Å². The SMILES string of the molecule is COCc1c(Br)cccc1NCc1cccc([N+](=O)[O-])c1. The van der Waals surface area contributed by atoms with Crippen molar-refractivity contribution in [3.8, 4) is 0 Å². The van der Waals surface area contributed by atoms with Gasteiger partial charge < -0.3 is 10.1 Å². The first-order valence-electron chi connectivity index (χ1n) is 6.35. The lowest BCUT2D eigenvalue weighted by Crippen LogP contribution is -2.04. The molecule has 6 heteroatoms. The number of ether oxygens (including phenoxy) is 1. The van der Waals surface area contributed by atoms with E-state index in [1.54, 1.807) is 19.2 Å². The molecular weight excluding hydrogens is 336 g/mol. The van der Waals surface area contributed by atoms with Crippen LogP contribution < -0.4 is 5.32 Å². The molecule has 0 unspecified atom stereocenters. The molecule has 0 radical (unpaired) electrons. The first kappa shape index (κ1) is 15.5. The smallest absolute Gasteiger partial charge is 0.269 e. The third-order valence-corrected chi connectivity index (χ3v) is 3.75. The van der Waals surface area contributed by atoms with Crippen LogP contribution in [0.2, 0.25) is 0 Å². The van der Waals surface area contributed by atoms with Crippen molar-refractivity contribution in [1.29, 1.82) is 0 Å².